The van der Waals surface area contributed by atoms with E-state index in [4.69, 9.17) is 4.74 Å². The standard InChI is InChI=1S/C17H23FN2O2/c1-12(21)19-16-3-2-8-20(15-10-22-11-15)17(16)9-13-4-6-14(18)7-5-13/h4-7,15-17H,2-3,8-11H2,1H3,(H,19,21)/t16-,17-/m0/s1. The molecule has 5 heteroatoms. The van der Waals surface area contributed by atoms with Gasteiger partial charge in [0.05, 0.1) is 19.3 Å². The molecular formula is C17H23FN2O2. The highest BCUT2D eigenvalue weighted by Gasteiger charge is 2.38. The molecule has 0 saturated carbocycles. The molecule has 1 N–H and O–H groups in total. The zero-order chi connectivity index (χ0) is 15.5. The summed E-state index contributed by atoms with van der Waals surface area (Å²) >= 11 is 0. The van der Waals surface area contributed by atoms with Crippen molar-refractivity contribution in [2.24, 2.45) is 0 Å². The number of hydrogen-bond acceptors (Lipinski definition) is 3. The normalized spacial score (nSPS) is 26.5. The summed E-state index contributed by atoms with van der Waals surface area (Å²) in [5.74, 6) is -0.198. The SMILES string of the molecule is CC(=O)N[C@H]1CCCN(C2COC2)[C@H]1Cc1ccc(F)cc1. The van der Waals surface area contributed by atoms with Gasteiger partial charge in [0.2, 0.25) is 5.91 Å². The van der Waals surface area contributed by atoms with E-state index in [2.05, 4.69) is 10.2 Å². The van der Waals surface area contributed by atoms with Crippen molar-refractivity contribution in [1.82, 2.24) is 10.2 Å². The Hall–Kier alpha value is -1.46. The first-order chi connectivity index (χ1) is 10.6. The first kappa shape index (κ1) is 15.4. The van der Waals surface area contributed by atoms with E-state index in [9.17, 15) is 9.18 Å². The van der Waals surface area contributed by atoms with Gasteiger partial charge in [-0.1, -0.05) is 12.1 Å². The van der Waals surface area contributed by atoms with E-state index in [-0.39, 0.29) is 23.8 Å². The van der Waals surface area contributed by atoms with Crippen molar-refractivity contribution >= 4 is 5.91 Å². The van der Waals surface area contributed by atoms with Crippen molar-refractivity contribution in [2.45, 2.75) is 44.3 Å². The largest absolute Gasteiger partial charge is 0.378 e. The van der Waals surface area contributed by atoms with Gasteiger partial charge < -0.3 is 10.1 Å². The number of piperidine rings is 1. The van der Waals surface area contributed by atoms with Crippen molar-refractivity contribution in [2.75, 3.05) is 19.8 Å². The number of halogens is 1. The Morgan fingerprint density at radius 2 is 2.09 bits per heavy atom. The van der Waals surface area contributed by atoms with E-state index < -0.39 is 0 Å². The first-order valence-corrected chi connectivity index (χ1v) is 7.98. The van der Waals surface area contributed by atoms with Gasteiger partial charge in [0.1, 0.15) is 5.82 Å². The maximum absolute atomic E-state index is 13.1. The fraction of sp³-hybridized carbons (Fsp3) is 0.588. The number of nitrogens with one attached hydrogen (secondary N) is 1. The molecule has 2 heterocycles. The Kier molecular flexibility index (Phi) is 4.74. The number of likely N-dealkylation sites (tertiary alicyclic amines) is 1. The third-order valence-corrected chi connectivity index (χ3v) is 4.66. The minimum absolute atomic E-state index is 0.0146. The van der Waals surface area contributed by atoms with Crippen LogP contribution in [0.3, 0.4) is 0 Å². The third-order valence-electron chi connectivity index (χ3n) is 4.66. The number of rotatable bonds is 4. The van der Waals surface area contributed by atoms with Crippen LogP contribution in [-0.2, 0) is 16.0 Å². The Bertz CT molecular complexity index is 516. The second-order valence-electron chi connectivity index (χ2n) is 6.28. The second-order valence-corrected chi connectivity index (χ2v) is 6.28. The Balaban J connectivity index is 1.77. The minimum atomic E-state index is -0.213. The summed E-state index contributed by atoms with van der Waals surface area (Å²) in [6.07, 6.45) is 2.90. The highest BCUT2D eigenvalue weighted by molar-refractivity contribution is 5.73. The van der Waals surface area contributed by atoms with Crippen LogP contribution >= 0.6 is 0 Å². The maximum Gasteiger partial charge on any atom is 0.217 e. The third kappa shape index (κ3) is 3.47. The van der Waals surface area contributed by atoms with E-state index in [0.717, 1.165) is 44.6 Å². The number of carbonyl (C=O) groups excluding carboxylic acids is 1. The zero-order valence-corrected chi connectivity index (χ0v) is 12.9. The Labute approximate surface area is 130 Å². The van der Waals surface area contributed by atoms with Crippen LogP contribution in [0.15, 0.2) is 24.3 Å². The summed E-state index contributed by atoms with van der Waals surface area (Å²) in [5, 5.41) is 3.10. The van der Waals surface area contributed by atoms with Gasteiger partial charge in [0.15, 0.2) is 0 Å². The van der Waals surface area contributed by atoms with Gasteiger partial charge >= 0.3 is 0 Å². The molecule has 2 atom stereocenters. The van der Waals surface area contributed by atoms with Gasteiger partial charge in [0.25, 0.3) is 0 Å². The van der Waals surface area contributed by atoms with Crippen molar-refractivity contribution in [3.05, 3.63) is 35.6 Å². The molecule has 1 aromatic carbocycles. The molecule has 2 saturated heterocycles. The number of benzene rings is 1. The molecule has 22 heavy (non-hydrogen) atoms. The molecule has 0 aromatic heterocycles. The number of nitrogens with zero attached hydrogens (tertiary/aromatic N) is 1. The average Bonchev–Trinajstić information content (AvgIpc) is 2.42. The van der Waals surface area contributed by atoms with Crippen LogP contribution in [0.5, 0.6) is 0 Å². The summed E-state index contributed by atoms with van der Waals surface area (Å²) in [4.78, 5) is 14.0. The summed E-state index contributed by atoms with van der Waals surface area (Å²) in [7, 11) is 0. The van der Waals surface area contributed by atoms with Crippen LogP contribution in [0.1, 0.15) is 25.3 Å². The lowest BCUT2D eigenvalue weighted by Gasteiger charge is -2.48. The lowest BCUT2D eigenvalue weighted by Crippen LogP contribution is -2.62. The quantitative estimate of drug-likeness (QED) is 0.921. The molecule has 0 aliphatic carbocycles. The molecule has 0 radical (unpaired) electrons. The van der Waals surface area contributed by atoms with Crippen molar-refractivity contribution in [1.29, 1.82) is 0 Å². The molecule has 0 spiro atoms. The van der Waals surface area contributed by atoms with Crippen LogP contribution in [0.4, 0.5) is 4.39 Å². The Morgan fingerprint density at radius 3 is 2.68 bits per heavy atom. The maximum atomic E-state index is 13.1. The predicted molar refractivity (Wildman–Crippen MR) is 82.0 cm³/mol. The number of hydrogen-bond donors (Lipinski definition) is 1. The molecule has 3 rings (SSSR count). The first-order valence-electron chi connectivity index (χ1n) is 7.98. The topological polar surface area (TPSA) is 41.6 Å². The van der Waals surface area contributed by atoms with Gasteiger partial charge in [-0.25, -0.2) is 4.39 Å². The molecule has 1 amide bonds. The smallest absolute Gasteiger partial charge is 0.217 e. The van der Waals surface area contributed by atoms with E-state index in [1.165, 1.54) is 12.1 Å². The number of amides is 1. The summed E-state index contributed by atoms with van der Waals surface area (Å²) in [6.45, 7) is 4.15. The second kappa shape index (κ2) is 6.75. The van der Waals surface area contributed by atoms with Crippen molar-refractivity contribution in [3.63, 3.8) is 0 Å². The molecule has 0 unspecified atom stereocenters. The van der Waals surface area contributed by atoms with E-state index in [0.29, 0.717) is 6.04 Å². The minimum Gasteiger partial charge on any atom is -0.378 e. The Morgan fingerprint density at radius 1 is 1.36 bits per heavy atom. The molecular weight excluding hydrogens is 283 g/mol. The number of carbonyl (C=O) groups is 1. The fourth-order valence-corrected chi connectivity index (χ4v) is 3.50. The van der Waals surface area contributed by atoms with Crippen LogP contribution in [-0.4, -0.2) is 48.7 Å². The molecule has 4 nitrogen and oxygen atoms in total. The molecule has 120 valence electrons. The molecule has 2 fully saturated rings. The lowest BCUT2D eigenvalue weighted by molar-refractivity contribution is -0.122. The van der Waals surface area contributed by atoms with E-state index >= 15 is 0 Å². The monoisotopic (exact) mass is 306 g/mol. The molecule has 2 aliphatic rings. The molecule has 1 aromatic rings. The van der Waals surface area contributed by atoms with E-state index in [1.807, 2.05) is 12.1 Å². The summed E-state index contributed by atoms with van der Waals surface area (Å²) < 4.78 is 18.4. The van der Waals surface area contributed by atoms with Gasteiger partial charge in [-0.05, 0) is 43.5 Å². The van der Waals surface area contributed by atoms with Gasteiger partial charge in [0, 0.05) is 19.0 Å². The highest BCUT2D eigenvalue weighted by atomic mass is 19.1. The zero-order valence-electron chi connectivity index (χ0n) is 12.9. The van der Waals surface area contributed by atoms with E-state index in [1.54, 1.807) is 6.92 Å². The lowest BCUT2D eigenvalue weighted by atomic mass is 9.89. The highest BCUT2D eigenvalue weighted by Crippen LogP contribution is 2.26. The van der Waals surface area contributed by atoms with Crippen LogP contribution in [0.2, 0.25) is 0 Å². The van der Waals surface area contributed by atoms with Crippen molar-refractivity contribution in [3.8, 4) is 0 Å². The number of ether oxygens (including phenoxy) is 1. The molecule has 0 bridgehead atoms. The van der Waals surface area contributed by atoms with Crippen LogP contribution in [0.25, 0.3) is 0 Å². The fourth-order valence-electron chi connectivity index (χ4n) is 3.50. The summed E-state index contributed by atoms with van der Waals surface area (Å²) in [6, 6.07) is 7.52. The molecule has 2 aliphatic heterocycles. The van der Waals surface area contributed by atoms with Crippen molar-refractivity contribution < 1.29 is 13.9 Å². The predicted octanol–water partition coefficient (Wildman–Crippen LogP) is 1.74. The van der Waals surface area contributed by atoms with Gasteiger partial charge in [-0.15, -0.1) is 0 Å². The van der Waals surface area contributed by atoms with Gasteiger partial charge in [-0.2, -0.15) is 0 Å². The summed E-state index contributed by atoms with van der Waals surface area (Å²) in [5.41, 5.74) is 1.11. The van der Waals surface area contributed by atoms with Gasteiger partial charge in [-0.3, -0.25) is 9.69 Å². The average molecular weight is 306 g/mol. The van der Waals surface area contributed by atoms with Crippen LogP contribution in [0, 0.1) is 5.82 Å². The van der Waals surface area contributed by atoms with Crippen LogP contribution < -0.4 is 5.32 Å².